The zero-order chi connectivity index (χ0) is 11.3. The Bertz CT molecular complexity index is 268. The number of hydrogen-bond donors (Lipinski definition) is 3. The van der Waals surface area contributed by atoms with Crippen molar-refractivity contribution in [2.24, 2.45) is 5.73 Å². The molecule has 0 aromatic rings. The Kier molecular flexibility index (Phi) is 15.7. The van der Waals surface area contributed by atoms with Crippen LogP contribution in [0.3, 0.4) is 0 Å². The number of hydrogen-bond acceptors (Lipinski definition) is 6. The molecule has 0 rings (SSSR count). The largest absolute Gasteiger partial charge is 1.00 e. The molecule has 16 heavy (non-hydrogen) atoms. The zero-order valence-corrected chi connectivity index (χ0v) is 14.6. The van der Waals surface area contributed by atoms with E-state index in [0.29, 0.717) is 0 Å². The Morgan fingerprint density at radius 1 is 1.44 bits per heavy atom. The average Bonchev–Trinajstić information content (AvgIpc) is 2.03. The van der Waals surface area contributed by atoms with E-state index in [1.165, 1.54) is 0 Å². The molecule has 0 saturated carbocycles. The number of aliphatic carboxylic acids is 1. The van der Waals surface area contributed by atoms with Crippen LogP contribution in [0.4, 0.5) is 0 Å². The monoisotopic (exact) mass is 269 g/mol. The van der Waals surface area contributed by atoms with Gasteiger partial charge in [-0.15, -0.1) is 0 Å². The van der Waals surface area contributed by atoms with Crippen molar-refractivity contribution in [3.8, 4) is 0 Å². The van der Waals surface area contributed by atoms with Crippen LogP contribution < -0.4 is 86.7 Å². The van der Waals surface area contributed by atoms with Gasteiger partial charge in [0.1, 0.15) is 12.1 Å². The van der Waals surface area contributed by atoms with Crippen LogP contribution in [0.5, 0.6) is 0 Å². The van der Waals surface area contributed by atoms with E-state index < -0.39 is 36.5 Å². The van der Waals surface area contributed by atoms with E-state index in [9.17, 15) is 14.4 Å². The Balaban J connectivity index is -0.000000141. The van der Waals surface area contributed by atoms with Crippen LogP contribution in [-0.2, 0) is 19.1 Å². The van der Waals surface area contributed by atoms with Gasteiger partial charge in [0.2, 0.25) is 0 Å². The second kappa shape index (κ2) is 11.3. The molecule has 0 heterocycles. The van der Waals surface area contributed by atoms with Gasteiger partial charge >= 0.3 is 98.8 Å². The van der Waals surface area contributed by atoms with Crippen molar-refractivity contribution in [2.45, 2.75) is 25.5 Å². The Morgan fingerprint density at radius 3 is 2.19 bits per heavy atom. The van der Waals surface area contributed by atoms with Crippen LogP contribution in [0.2, 0.25) is 0 Å². The fourth-order valence-corrected chi connectivity index (χ4v) is 0.506. The maximum Gasteiger partial charge on any atom is 1.00 e. The Hall–Kier alpha value is 1.17. The van der Waals surface area contributed by atoms with Crippen LogP contribution >= 0.6 is 0 Å². The van der Waals surface area contributed by atoms with Crippen LogP contribution in [0.25, 0.3) is 0 Å². The van der Waals surface area contributed by atoms with Gasteiger partial charge < -0.3 is 23.5 Å². The summed E-state index contributed by atoms with van der Waals surface area (Å²) in [5.74, 6) is -3.58. The topological polar surface area (TPSA) is 127 Å². The molecule has 0 aromatic carbocycles. The first-order valence-electron chi connectivity index (χ1n) is 3.75. The summed E-state index contributed by atoms with van der Waals surface area (Å²) in [5.41, 5.74) is 5.00. The number of nitrogens with two attached hydrogens (primary N) is 1. The number of rotatable bonds is 4. The second-order valence-corrected chi connectivity index (χ2v) is 2.62. The van der Waals surface area contributed by atoms with Crippen molar-refractivity contribution < 1.29 is 113 Å². The summed E-state index contributed by atoms with van der Waals surface area (Å²) in [4.78, 5) is 31.6. The number of ether oxygens (including phenoxy) is 1. The van der Waals surface area contributed by atoms with E-state index in [0.717, 1.165) is 6.92 Å². The minimum Gasteiger partial charge on any atom is -1.00 e. The molecule has 0 saturated heterocycles. The van der Waals surface area contributed by atoms with Crippen molar-refractivity contribution in [1.29, 1.82) is 0 Å². The molecule has 0 amide bonds. The molecule has 9 heteroatoms. The fraction of sp³-hybridized carbons (Fsp3) is 0.571. The van der Waals surface area contributed by atoms with Gasteiger partial charge in [0.25, 0.3) is 0 Å². The van der Waals surface area contributed by atoms with E-state index in [4.69, 9.17) is 15.9 Å². The normalized spacial score (nSPS) is 12.4. The van der Waals surface area contributed by atoms with Crippen LogP contribution in [0.1, 0.15) is 16.2 Å². The van der Waals surface area contributed by atoms with Crippen LogP contribution in [0.15, 0.2) is 0 Å². The molecule has 0 fully saturated rings. The third-order valence-electron chi connectivity index (χ3n) is 1.26. The number of aliphatic hydroxyl groups is 1. The van der Waals surface area contributed by atoms with E-state index in [1.54, 1.807) is 0 Å². The molecule has 0 aromatic heterocycles. The summed E-state index contributed by atoms with van der Waals surface area (Å²) in [6, 6.07) is -1.41. The standard InChI is InChI=1S/C7H11NO6.K.Na.2H/c1-3(9)7(13)14-5(10)2-4(8)6(11)12;;;;/h3-4,9H,2,8H2,1H3,(H,11,12);;;;/q;2*+1;2*-1/t3?,4-;;;;/m0..../s1. The predicted molar refractivity (Wildman–Crippen MR) is 45.2 cm³/mol. The zero-order valence-electron chi connectivity index (χ0n) is 11.5. The first kappa shape index (κ1) is 22.4. The van der Waals surface area contributed by atoms with Crippen molar-refractivity contribution in [1.82, 2.24) is 0 Å². The second-order valence-electron chi connectivity index (χ2n) is 2.62. The molecule has 0 aliphatic carbocycles. The summed E-state index contributed by atoms with van der Waals surface area (Å²) in [6.07, 6.45) is -2.05. The number of carboxylic acids is 1. The molecule has 0 spiro atoms. The molecule has 0 bridgehead atoms. The smallest absolute Gasteiger partial charge is 1.00 e. The van der Waals surface area contributed by atoms with Gasteiger partial charge in [-0.3, -0.25) is 9.59 Å². The van der Waals surface area contributed by atoms with Gasteiger partial charge in [-0.05, 0) is 6.92 Å². The molecule has 0 radical (unpaired) electrons. The third kappa shape index (κ3) is 10.3. The molecule has 84 valence electrons. The first-order chi connectivity index (χ1) is 6.34. The summed E-state index contributed by atoms with van der Waals surface area (Å²) in [6.45, 7) is 1.12. The summed E-state index contributed by atoms with van der Waals surface area (Å²) < 4.78 is 4.06. The van der Waals surface area contributed by atoms with E-state index in [-0.39, 0.29) is 83.8 Å². The molecule has 1 unspecified atom stereocenters. The SMILES string of the molecule is CC(O)C(=O)OC(=O)C[C@H](N)C(=O)O.[H-].[H-].[K+].[Na+]. The summed E-state index contributed by atoms with van der Waals surface area (Å²) in [7, 11) is 0. The molecule has 0 aliphatic rings. The van der Waals surface area contributed by atoms with Gasteiger partial charge in [0, 0.05) is 0 Å². The Labute approximate surface area is 160 Å². The van der Waals surface area contributed by atoms with Gasteiger partial charge in [-0.2, -0.15) is 0 Å². The number of carbonyl (C=O) groups is 3. The van der Waals surface area contributed by atoms with E-state index >= 15 is 0 Å². The van der Waals surface area contributed by atoms with Crippen LogP contribution in [0, 0.1) is 0 Å². The van der Waals surface area contributed by atoms with Crippen molar-refractivity contribution >= 4 is 17.9 Å². The maximum absolute atomic E-state index is 10.8. The predicted octanol–water partition coefficient (Wildman–Crippen LogP) is -7.53. The maximum atomic E-state index is 10.8. The minimum atomic E-state index is -1.43. The molecule has 7 nitrogen and oxygen atoms in total. The number of carboxylic acid groups (broad SMARTS) is 1. The molecular weight excluding hydrogens is 256 g/mol. The molecule has 2 atom stereocenters. The summed E-state index contributed by atoms with van der Waals surface area (Å²) >= 11 is 0. The fourth-order valence-electron chi connectivity index (χ4n) is 0.506. The van der Waals surface area contributed by atoms with Crippen molar-refractivity contribution in [3.63, 3.8) is 0 Å². The van der Waals surface area contributed by atoms with Gasteiger partial charge in [-0.1, -0.05) is 0 Å². The van der Waals surface area contributed by atoms with Crippen LogP contribution in [-0.4, -0.2) is 40.3 Å². The van der Waals surface area contributed by atoms with E-state index in [2.05, 4.69) is 4.74 Å². The van der Waals surface area contributed by atoms with Gasteiger partial charge in [-0.25, -0.2) is 4.79 Å². The average molecular weight is 269 g/mol. The summed E-state index contributed by atoms with van der Waals surface area (Å²) in [5, 5.41) is 16.9. The molecule has 0 aliphatic heterocycles. The van der Waals surface area contributed by atoms with Crippen molar-refractivity contribution in [2.75, 3.05) is 0 Å². The number of carbonyl (C=O) groups excluding carboxylic acids is 2. The van der Waals surface area contributed by atoms with E-state index in [1.807, 2.05) is 0 Å². The first-order valence-corrected chi connectivity index (χ1v) is 3.75. The third-order valence-corrected chi connectivity index (χ3v) is 1.26. The number of esters is 2. The molecule has 4 N–H and O–H groups in total. The molecular formula is C7H13KNNaO6. The Morgan fingerprint density at radius 2 is 1.88 bits per heavy atom. The minimum absolute atomic E-state index is 0. The van der Waals surface area contributed by atoms with Gasteiger partial charge in [0.05, 0.1) is 6.42 Å². The van der Waals surface area contributed by atoms with Gasteiger partial charge in [0.15, 0.2) is 0 Å². The van der Waals surface area contributed by atoms with Crippen molar-refractivity contribution in [3.05, 3.63) is 0 Å². The quantitative estimate of drug-likeness (QED) is 0.263. The number of aliphatic hydroxyl groups excluding tert-OH is 1.